The summed E-state index contributed by atoms with van der Waals surface area (Å²) in [5.74, 6) is 1.22. The number of aromatic nitrogens is 1. The predicted molar refractivity (Wildman–Crippen MR) is 116 cm³/mol. The number of allylic oxidation sites excluding steroid dienone is 5. The number of hydrogen-bond acceptors (Lipinski definition) is 4. The Bertz CT molecular complexity index is 1140. The van der Waals surface area contributed by atoms with Crippen LogP contribution in [0.5, 0.6) is 0 Å². The minimum atomic E-state index is -0.253. The van der Waals surface area contributed by atoms with E-state index in [1.165, 1.54) is 6.07 Å². The molecule has 30 heavy (non-hydrogen) atoms. The van der Waals surface area contributed by atoms with Crippen molar-refractivity contribution in [1.82, 2.24) is 4.98 Å². The van der Waals surface area contributed by atoms with Gasteiger partial charge in [-0.3, -0.25) is 4.79 Å². The Labute approximate surface area is 174 Å². The van der Waals surface area contributed by atoms with Gasteiger partial charge >= 0.3 is 0 Å². The van der Waals surface area contributed by atoms with Crippen LogP contribution in [0, 0.1) is 5.82 Å². The van der Waals surface area contributed by atoms with Gasteiger partial charge in [-0.1, -0.05) is 36.4 Å². The summed E-state index contributed by atoms with van der Waals surface area (Å²) in [6, 6.07) is 12.3. The van der Waals surface area contributed by atoms with E-state index in [9.17, 15) is 4.39 Å². The standard InChI is InChI=1S/C23H20FNO2.CH3NO/c1-3-26-21-13-11-16(9-8-15(21)2)23-25-20-12-10-17(14-22(20)27-23)18-6-4-5-7-19(18)24;2-1-3/h4-10,12-14H,3,11H2,1-2H3;1H,(H2,2,3). The van der Waals surface area contributed by atoms with E-state index >= 15 is 0 Å². The lowest BCUT2D eigenvalue weighted by molar-refractivity contribution is -0.106. The van der Waals surface area contributed by atoms with Gasteiger partial charge in [-0.15, -0.1) is 0 Å². The van der Waals surface area contributed by atoms with Crippen molar-refractivity contribution in [3.8, 4) is 11.1 Å². The molecule has 1 aromatic heterocycles. The second kappa shape index (κ2) is 9.69. The Morgan fingerprint density at radius 1 is 1.23 bits per heavy atom. The Morgan fingerprint density at radius 3 is 2.73 bits per heavy atom. The van der Waals surface area contributed by atoms with E-state index in [0.29, 0.717) is 30.1 Å². The van der Waals surface area contributed by atoms with Crippen LogP contribution in [0.1, 0.15) is 26.2 Å². The molecule has 3 aromatic rings. The second-order valence-electron chi connectivity index (χ2n) is 6.56. The maximum atomic E-state index is 14.1. The van der Waals surface area contributed by atoms with Gasteiger partial charge in [-0.05, 0) is 55.7 Å². The number of carbonyl (C=O) groups excluding carboxylic acids is 1. The van der Waals surface area contributed by atoms with E-state index in [2.05, 4.69) is 10.7 Å². The molecule has 0 aliphatic heterocycles. The molecule has 1 aliphatic carbocycles. The lowest BCUT2D eigenvalue weighted by Gasteiger charge is -2.07. The van der Waals surface area contributed by atoms with Gasteiger partial charge in [0, 0.05) is 11.1 Å². The minimum absolute atomic E-state index is 0.250. The molecule has 0 saturated heterocycles. The van der Waals surface area contributed by atoms with Crippen molar-refractivity contribution in [2.75, 3.05) is 6.61 Å². The molecule has 0 spiro atoms. The van der Waals surface area contributed by atoms with Gasteiger partial charge in [-0.25, -0.2) is 9.37 Å². The van der Waals surface area contributed by atoms with Crippen molar-refractivity contribution < 1.29 is 18.3 Å². The molecule has 0 atom stereocenters. The molecule has 154 valence electrons. The van der Waals surface area contributed by atoms with Crippen LogP contribution in [0.3, 0.4) is 0 Å². The first-order chi connectivity index (χ1) is 14.6. The van der Waals surface area contributed by atoms with Gasteiger partial charge in [0.2, 0.25) is 12.3 Å². The number of oxazole rings is 1. The molecule has 2 aromatic carbocycles. The number of fused-ring (bicyclic) bond motifs is 1. The number of rotatable bonds is 4. The fourth-order valence-corrected chi connectivity index (χ4v) is 3.15. The number of primary amides is 1. The van der Waals surface area contributed by atoms with E-state index in [4.69, 9.17) is 13.9 Å². The zero-order chi connectivity index (χ0) is 21.5. The molecule has 2 N–H and O–H groups in total. The van der Waals surface area contributed by atoms with Crippen molar-refractivity contribution in [3.63, 3.8) is 0 Å². The first-order valence-corrected chi connectivity index (χ1v) is 9.59. The first-order valence-electron chi connectivity index (χ1n) is 9.59. The lowest BCUT2D eigenvalue weighted by atomic mass is 10.1. The van der Waals surface area contributed by atoms with Crippen molar-refractivity contribution in [2.24, 2.45) is 5.73 Å². The quantitative estimate of drug-likeness (QED) is 0.589. The maximum absolute atomic E-state index is 14.1. The normalized spacial score (nSPS) is 13.4. The molecule has 0 unspecified atom stereocenters. The highest BCUT2D eigenvalue weighted by atomic mass is 19.1. The summed E-state index contributed by atoms with van der Waals surface area (Å²) in [4.78, 5) is 13.2. The summed E-state index contributed by atoms with van der Waals surface area (Å²) in [6.07, 6.45) is 7.01. The monoisotopic (exact) mass is 406 g/mol. The third-order valence-corrected chi connectivity index (χ3v) is 4.58. The molecular formula is C24H23FN2O3. The summed E-state index contributed by atoms with van der Waals surface area (Å²) in [5, 5.41) is 0. The van der Waals surface area contributed by atoms with Gasteiger partial charge in [-0.2, -0.15) is 0 Å². The number of ether oxygens (including phenoxy) is 1. The van der Waals surface area contributed by atoms with E-state index in [1.807, 2.05) is 56.3 Å². The van der Waals surface area contributed by atoms with Gasteiger partial charge in [0.15, 0.2) is 5.58 Å². The minimum Gasteiger partial charge on any atom is -0.494 e. The average molecular weight is 406 g/mol. The number of amides is 1. The van der Waals surface area contributed by atoms with Crippen molar-refractivity contribution in [2.45, 2.75) is 20.3 Å². The van der Waals surface area contributed by atoms with Crippen LogP contribution in [0.15, 0.2) is 76.4 Å². The van der Waals surface area contributed by atoms with Crippen LogP contribution in [0.2, 0.25) is 0 Å². The van der Waals surface area contributed by atoms with Gasteiger partial charge in [0.05, 0.1) is 6.61 Å². The van der Waals surface area contributed by atoms with Crippen molar-refractivity contribution in [1.29, 1.82) is 0 Å². The van der Waals surface area contributed by atoms with E-state index in [1.54, 1.807) is 12.1 Å². The molecule has 1 heterocycles. The fraction of sp³-hybridized carbons (Fsp3) is 0.167. The van der Waals surface area contributed by atoms with E-state index < -0.39 is 0 Å². The number of hydrogen-bond donors (Lipinski definition) is 1. The predicted octanol–water partition coefficient (Wildman–Crippen LogP) is 5.39. The number of carbonyl (C=O) groups is 1. The zero-order valence-corrected chi connectivity index (χ0v) is 16.9. The summed E-state index contributed by atoms with van der Waals surface area (Å²) >= 11 is 0. The highest BCUT2D eigenvalue weighted by Gasteiger charge is 2.14. The Balaban J connectivity index is 0.000000806. The number of benzene rings is 2. The number of nitrogens with two attached hydrogens (primary N) is 1. The number of halogens is 1. The Morgan fingerprint density at radius 2 is 2.00 bits per heavy atom. The first kappa shape index (κ1) is 21.0. The Hall–Kier alpha value is -3.67. The van der Waals surface area contributed by atoms with Crippen LogP contribution < -0.4 is 5.73 Å². The molecule has 4 rings (SSSR count). The van der Waals surface area contributed by atoms with Crippen LogP contribution in [0.4, 0.5) is 4.39 Å². The molecule has 0 fully saturated rings. The zero-order valence-electron chi connectivity index (χ0n) is 16.9. The van der Waals surface area contributed by atoms with Crippen molar-refractivity contribution in [3.05, 3.63) is 83.7 Å². The van der Waals surface area contributed by atoms with Crippen LogP contribution in [-0.2, 0) is 9.53 Å². The van der Waals surface area contributed by atoms with Gasteiger partial charge in [0.25, 0.3) is 0 Å². The van der Waals surface area contributed by atoms with Crippen molar-refractivity contribution >= 4 is 23.1 Å². The van der Waals surface area contributed by atoms with Crippen LogP contribution >= 0.6 is 0 Å². The summed E-state index contributed by atoms with van der Waals surface area (Å²) < 4.78 is 25.7. The third-order valence-electron chi connectivity index (χ3n) is 4.58. The van der Waals surface area contributed by atoms with E-state index in [-0.39, 0.29) is 12.2 Å². The average Bonchev–Trinajstić information content (AvgIpc) is 3.08. The topological polar surface area (TPSA) is 78.3 Å². The van der Waals surface area contributed by atoms with Gasteiger partial charge < -0.3 is 14.9 Å². The molecule has 5 nitrogen and oxygen atoms in total. The summed E-state index contributed by atoms with van der Waals surface area (Å²) in [5.41, 5.74) is 8.94. The molecule has 0 bridgehead atoms. The molecule has 0 radical (unpaired) electrons. The Kier molecular flexibility index (Phi) is 6.80. The van der Waals surface area contributed by atoms with Crippen LogP contribution in [-0.4, -0.2) is 18.0 Å². The van der Waals surface area contributed by atoms with Crippen LogP contribution in [0.25, 0.3) is 27.8 Å². The molecular weight excluding hydrogens is 383 g/mol. The van der Waals surface area contributed by atoms with Gasteiger partial charge in [0.1, 0.15) is 17.1 Å². The molecule has 0 saturated carbocycles. The molecule has 6 heteroatoms. The summed E-state index contributed by atoms with van der Waals surface area (Å²) in [7, 11) is 0. The van der Waals surface area contributed by atoms with E-state index in [0.717, 1.165) is 28.0 Å². The smallest absolute Gasteiger partial charge is 0.223 e. The fourth-order valence-electron chi connectivity index (χ4n) is 3.15. The maximum Gasteiger partial charge on any atom is 0.223 e. The highest BCUT2D eigenvalue weighted by molar-refractivity contribution is 5.82. The third kappa shape index (κ3) is 4.66. The largest absolute Gasteiger partial charge is 0.494 e. The summed E-state index contributed by atoms with van der Waals surface area (Å²) in [6.45, 7) is 4.63. The highest BCUT2D eigenvalue weighted by Crippen LogP contribution is 2.31. The lowest BCUT2D eigenvalue weighted by Crippen LogP contribution is -1.92. The SMILES string of the molecule is CCOC1=CCC(c2nc3ccc(-c4ccccc4F)cc3o2)=CC=C1C.NC=O. The number of nitrogens with zero attached hydrogens (tertiary/aromatic N) is 1. The molecule has 1 amide bonds. The molecule has 1 aliphatic rings. The second-order valence-corrected chi connectivity index (χ2v) is 6.56.